The quantitative estimate of drug-likeness (QED) is 0.666. The summed E-state index contributed by atoms with van der Waals surface area (Å²) in [4.78, 5) is 1.00. The van der Waals surface area contributed by atoms with Crippen molar-refractivity contribution in [2.75, 3.05) is 0 Å². The highest BCUT2D eigenvalue weighted by Gasteiger charge is 2.12. The van der Waals surface area contributed by atoms with Gasteiger partial charge in [0.25, 0.3) is 0 Å². The van der Waals surface area contributed by atoms with Crippen LogP contribution in [0.15, 0.2) is 34.1 Å². The highest BCUT2D eigenvalue weighted by atomic mass is 79.9. The maximum Gasteiger partial charge on any atom is 0.159 e. The van der Waals surface area contributed by atoms with Crippen molar-refractivity contribution in [3.05, 3.63) is 56.2 Å². The maximum absolute atomic E-state index is 13.0. The molecule has 5 heteroatoms. The Balaban J connectivity index is 2.12. The van der Waals surface area contributed by atoms with Gasteiger partial charge in [0, 0.05) is 4.88 Å². The Hall–Kier alpha value is -0.450. The van der Waals surface area contributed by atoms with E-state index in [9.17, 15) is 8.78 Å². The van der Waals surface area contributed by atoms with Crippen LogP contribution < -0.4 is 0 Å². The van der Waals surface area contributed by atoms with E-state index >= 15 is 0 Å². The van der Waals surface area contributed by atoms with E-state index in [4.69, 9.17) is 11.6 Å². The number of thiophene rings is 1. The van der Waals surface area contributed by atoms with Crippen LogP contribution in [-0.4, -0.2) is 0 Å². The zero-order valence-corrected chi connectivity index (χ0v) is 11.7. The monoisotopic (exact) mass is 336 g/mol. The zero-order chi connectivity index (χ0) is 12.4. The molecule has 0 radical (unpaired) electrons. The average Bonchev–Trinajstić information content (AvgIpc) is 2.70. The minimum absolute atomic E-state index is 0.226. The van der Waals surface area contributed by atoms with E-state index in [-0.39, 0.29) is 5.38 Å². The second-order valence-corrected chi connectivity index (χ2v) is 6.58. The molecule has 90 valence electrons. The molecule has 0 N–H and O–H groups in total. The van der Waals surface area contributed by atoms with Gasteiger partial charge in [0.05, 0.1) is 9.16 Å². The number of alkyl halides is 1. The van der Waals surface area contributed by atoms with Gasteiger partial charge in [-0.05, 0) is 52.2 Å². The molecule has 0 aliphatic carbocycles. The summed E-state index contributed by atoms with van der Waals surface area (Å²) in [7, 11) is 0. The maximum atomic E-state index is 13.0. The first-order valence-corrected chi connectivity index (χ1v) is 6.94. The second kappa shape index (κ2) is 5.46. The first kappa shape index (κ1) is 13.0. The molecule has 1 unspecified atom stereocenters. The summed E-state index contributed by atoms with van der Waals surface area (Å²) >= 11 is 11.1. The zero-order valence-electron chi connectivity index (χ0n) is 8.59. The van der Waals surface area contributed by atoms with Crippen molar-refractivity contribution in [1.29, 1.82) is 0 Å². The van der Waals surface area contributed by atoms with E-state index < -0.39 is 11.6 Å². The Morgan fingerprint density at radius 2 is 1.94 bits per heavy atom. The Morgan fingerprint density at radius 3 is 2.53 bits per heavy atom. The van der Waals surface area contributed by atoms with Gasteiger partial charge in [-0.3, -0.25) is 0 Å². The van der Waals surface area contributed by atoms with E-state index in [2.05, 4.69) is 15.9 Å². The normalized spacial score (nSPS) is 12.7. The predicted molar refractivity (Wildman–Crippen MR) is 70.7 cm³/mol. The third-order valence-electron chi connectivity index (χ3n) is 2.30. The van der Waals surface area contributed by atoms with Crippen LogP contribution >= 0.6 is 38.9 Å². The summed E-state index contributed by atoms with van der Waals surface area (Å²) < 4.78 is 26.8. The molecule has 0 fully saturated rings. The fraction of sp³-hybridized carbons (Fsp3) is 0.167. The molecule has 0 aliphatic heterocycles. The lowest BCUT2D eigenvalue weighted by molar-refractivity contribution is 0.507. The molecule has 1 aromatic heterocycles. The van der Waals surface area contributed by atoms with Crippen molar-refractivity contribution in [2.24, 2.45) is 0 Å². The summed E-state index contributed by atoms with van der Waals surface area (Å²) in [6, 6.07) is 7.70. The number of hydrogen-bond acceptors (Lipinski definition) is 1. The van der Waals surface area contributed by atoms with Crippen LogP contribution in [0.3, 0.4) is 0 Å². The molecule has 1 atom stereocenters. The van der Waals surface area contributed by atoms with Crippen molar-refractivity contribution in [2.45, 2.75) is 11.8 Å². The van der Waals surface area contributed by atoms with Crippen LogP contribution in [0.4, 0.5) is 8.78 Å². The van der Waals surface area contributed by atoms with Crippen molar-refractivity contribution in [3.63, 3.8) is 0 Å². The van der Waals surface area contributed by atoms with Crippen molar-refractivity contribution in [1.82, 2.24) is 0 Å². The van der Waals surface area contributed by atoms with Crippen LogP contribution in [0, 0.1) is 11.6 Å². The molecule has 0 amide bonds. The van der Waals surface area contributed by atoms with Gasteiger partial charge in [-0.1, -0.05) is 6.07 Å². The number of benzene rings is 1. The lowest BCUT2D eigenvalue weighted by atomic mass is 10.1. The number of halogens is 4. The number of rotatable bonds is 3. The predicted octanol–water partition coefficient (Wildman–Crippen LogP) is 5.31. The van der Waals surface area contributed by atoms with Gasteiger partial charge in [0.15, 0.2) is 11.6 Å². The lowest BCUT2D eigenvalue weighted by Crippen LogP contribution is -1.95. The first-order chi connectivity index (χ1) is 8.06. The van der Waals surface area contributed by atoms with Crippen molar-refractivity contribution in [3.8, 4) is 0 Å². The number of hydrogen-bond donors (Lipinski definition) is 0. The van der Waals surface area contributed by atoms with Crippen LogP contribution in [0.1, 0.15) is 15.8 Å². The third kappa shape index (κ3) is 3.27. The summed E-state index contributed by atoms with van der Waals surface area (Å²) in [5.41, 5.74) is 0.688. The fourth-order valence-electron chi connectivity index (χ4n) is 1.47. The molecule has 17 heavy (non-hydrogen) atoms. The van der Waals surface area contributed by atoms with E-state index in [1.54, 1.807) is 6.07 Å². The molecule has 2 rings (SSSR count). The van der Waals surface area contributed by atoms with Crippen molar-refractivity contribution < 1.29 is 8.78 Å². The molecule has 1 aromatic carbocycles. The largest absolute Gasteiger partial charge is 0.204 e. The molecule has 0 spiro atoms. The van der Waals surface area contributed by atoms with Gasteiger partial charge in [-0.15, -0.1) is 22.9 Å². The summed E-state index contributed by atoms with van der Waals surface area (Å²) in [5.74, 6) is -1.67. The minimum Gasteiger partial charge on any atom is -0.204 e. The van der Waals surface area contributed by atoms with Crippen LogP contribution in [0.2, 0.25) is 0 Å². The Kier molecular flexibility index (Phi) is 4.17. The molecular formula is C12H8BrClF2S. The van der Waals surface area contributed by atoms with Gasteiger partial charge < -0.3 is 0 Å². The Labute approximate surface area is 115 Å². The summed E-state index contributed by atoms with van der Waals surface area (Å²) in [6.07, 6.45) is 0.478. The van der Waals surface area contributed by atoms with Gasteiger partial charge in [0.2, 0.25) is 0 Å². The SMILES string of the molecule is Fc1ccc(CC(Cl)c2ccc(Br)s2)cc1F. The standard InChI is InChI=1S/C12H8BrClF2S/c13-12-4-3-11(17-12)8(14)5-7-1-2-9(15)10(16)6-7/h1-4,6,8H,5H2. The van der Waals surface area contributed by atoms with Crippen LogP contribution in [0.25, 0.3) is 0 Å². The topological polar surface area (TPSA) is 0 Å². The average molecular weight is 338 g/mol. The summed E-state index contributed by atoms with van der Waals surface area (Å²) in [5, 5.41) is -0.226. The van der Waals surface area contributed by atoms with E-state index in [1.165, 1.54) is 17.4 Å². The smallest absolute Gasteiger partial charge is 0.159 e. The molecule has 0 bridgehead atoms. The minimum atomic E-state index is -0.835. The molecule has 0 saturated carbocycles. The second-order valence-electron chi connectivity index (χ2n) is 3.56. The van der Waals surface area contributed by atoms with Crippen molar-refractivity contribution >= 4 is 38.9 Å². The van der Waals surface area contributed by atoms with Gasteiger partial charge >= 0.3 is 0 Å². The molecule has 0 nitrogen and oxygen atoms in total. The van der Waals surface area contributed by atoms with Crippen LogP contribution in [0.5, 0.6) is 0 Å². The van der Waals surface area contributed by atoms with Gasteiger partial charge in [0.1, 0.15) is 0 Å². The van der Waals surface area contributed by atoms with Crippen LogP contribution in [-0.2, 0) is 6.42 Å². The van der Waals surface area contributed by atoms with E-state index in [0.29, 0.717) is 12.0 Å². The molecule has 2 aromatic rings. The Bertz CT molecular complexity index is 527. The van der Waals surface area contributed by atoms with E-state index in [0.717, 1.165) is 14.7 Å². The highest BCUT2D eigenvalue weighted by Crippen LogP contribution is 2.33. The highest BCUT2D eigenvalue weighted by molar-refractivity contribution is 9.11. The molecule has 0 aliphatic rings. The first-order valence-electron chi connectivity index (χ1n) is 4.89. The van der Waals surface area contributed by atoms with Gasteiger partial charge in [-0.25, -0.2) is 8.78 Å². The Morgan fingerprint density at radius 1 is 1.18 bits per heavy atom. The summed E-state index contributed by atoms with van der Waals surface area (Å²) in [6.45, 7) is 0. The molecular weight excluding hydrogens is 330 g/mol. The fourth-order valence-corrected chi connectivity index (χ4v) is 3.26. The van der Waals surface area contributed by atoms with E-state index in [1.807, 2.05) is 12.1 Å². The molecule has 0 saturated heterocycles. The third-order valence-corrected chi connectivity index (χ3v) is 4.56. The molecule has 1 heterocycles. The van der Waals surface area contributed by atoms with Gasteiger partial charge in [-0.2, -0.15) is 0 Å². The lowest BCUT2D eigenvalue weighted by Gasteiger charge is -2.07.